The Morgan fingerprint density at radius 1 is 0.778 bits per heavy atom. The summed E-state index contributed by atoms with van der Waals surface area (Å²) in [7, 11) is 0.801. The molecule has 3 aromatic rings. The number of hydrogen-bond acceptors (Lipinski definition) is 0. The van der Waals surface area contributed by atoms with Gasteiger partial charge in [0.1, 0.15) is 0 Å². The van der Waals surface area contributed by atoms with Crippen molar-refractivity contribution in [2.75, 3.05) is 0 Å². The summed E-state index contributed by atoms with van der Waals surface area (Å²) in [6.45, 7) is 0. The normalized spacial score (nSPS) is 9.56. The molecule has 0 fully saturated rings. The molecule has 0 aliphatic carbocycles. The molecule has 0 heterocycles. The van der Waals surface area contributed by atoms with Gasteiger partial charge < -0.3 is 0 Å². The topological polar surface area (TPSA) is 0 Å². The van der Waals surface area contributed by atoms with Gasteiger partial charge in [0.15, 0.2) is 0 Å². The summed E-state index contributed by atoms with van der Waals surface area (Å²) >= 11 is 0. The Kier molecular flexibility index (Phi) is 7.37. The molecule has 0 aliphatic rings. The van der Waals surface area contributed by atoms with Crippen molar-refractivity contribution in [2.45, 2.75) is 0 Å². The summed E-state index contributed by atoms with van der Waals surface area (Å²) in [5.41, 5.74) is 0. The van der Waals surface area contributed by atoms with Gasteiger partial charge in [0.25, 0.3) is 0 Å². The van der Waals surface area contributed by atoms with Crippen molar-refractivity contribution in [3.63, 3.8) is 0 Å². The minimum absolute atomic E-state index is 0. The molecule has 0 aliphatic heterocycles. The maximum absolute atomic E-state index is 2.17. The quantitative estimate of drug-likeness (QED) is 0.386. The fourth-order valence-electron chi connectivity index (χ4n) is 1.47. The van der Waals surface area contributed by atoms with Crippen LogP contribution in [0, 0.1) is 0 Å². The second-order valence-corrected chi connectivity index (χ2v) is 5.03. The van der Waals surface area contributed by atoms with Crippen LogP contribution in [0.1, 0.15) is 0 Å². The molecule has 0 amide bonds. The minimum atomic E-state index is 0. The van der Waals surface area contributed by atoms with Gasteiger partial charge in [-0.25, -0.2) is 24.3 Å². The van der Waals surface area contributed by atoms with E-state index < -0.39 is 0 Å². The molecule has 0 saturated heterocycles. The van der Waals surface area contributed by atoms with Crippen LogP contribution in [-0.4, -0.2) is 0 Å². The molecule has 0 bridgehead atoms. The molecule has 3 aromatic carbocycles. The van der Waals surface area contributed by atoms with Crippen molar-refractivity contribution in [3.05, 3.63) is 84.9 Å². The Balaban J connectivity index is 0.000000230. The van der Waals surface area contributed by atoms with Crippen LogP contribution in [0.5, 0.6) is 0 Å². The van der Waals surface area contributed by atoms with E-state index >= 15 is 0 Å². The zero-order valence-corrected chi connectivity index (χ0v) is 12.0. The first kappa shape index (κ1) is 14.9. The summed E-state index contributed by atoms with van der Waals surface area (Å²) in [4.78, 5) is 0. The summed E-state index contributed by atoms with van der Waals surface area (Å²) in [6, 6.07) is 29.1. The van der Waals surface area contributed by atoms with Crippen LogP contribution in [0.2, 0.25) is 0 Å². The van der Waals surface area contributed by atoms with E-state index in [-0.39, 0.29) is 17.1 Å². The van der Waals surface area contributed by atoms with Gasteiger partial charge in [0.2, 0.25) is 0 Å². The van der Waals surface area contributed by atoms with E-state index in [4.69, 9.17) is 0 Å². The summed E-state index contributed by atoms with van der Waals surface area (Å²) in [5.74, 6) is 0. The van der Waals surface area contributed by atoms with Gasteiger partial charge >= 0.3 is 17.1 Å². The van der Waals surface area contributed by atoms with Crippen LogP contribution < -0.4 is 10.6 Å². The van der Waals surface area contributed by atoms with Crippen LogP contribution >= 0.6 is 8.58 Å². The van der Waals surface area contributed by atoms with Crippen molar-refractivity contribution in [2.24, 2.45) is 0 Å². The first-order valence-electron chi connectivity index (χ1n) is 5.65. The van der Waals surface area contributed by atoms with E-state index in [1.54, 1.807) is 0 Å². The SMILES string of the molecule is [Fe+2].c1cc[cH-]c1.c1ccc(P[c-]2cccc2)cc1. The van der Waals surface area contributed by atoms with Crippen molar-refractivity contribution in [1.29, 1.82) is 0 Å². The molecule has 18 heavy (non-hydrogen) atoms. The van der Waals surface area contributed by atoms with Gasteiger partial charge in [0.05, 0.1) is 0 Å². The minimum Gasteiger partial charge on any atom is -0.214 e. The van der Waals surface area contributed by atoms with Crippen molar-refractivity contribution >= 4 is 19.2 Å². The van der Waals surface area contributed by atoms with Crippen LogP contribution in [-0.2, 0) is 17.1 Å². The molecule has 2 heteroatoms. The fourth-order valence-corrected chi connectivity index (χ4v) is 2.52. The maximum Gasteiger partial charge on any atom is 2.00 e. The Labute approximate surface area is 121 Å². The third kappa shape index (κ3) is 5.47. The Bertz CT molecular complexity index is 466. The van der Waals surface area contributed by atoms with Crippen LogP contribution in [0.15, 0.2) is 84.9 Å². The zero-order valence-electron chi connectivity index (χ0n) is 9.94. The third-order valence-corrected chi connectivity index (χ3v) is 3.52. The Morgan fingerprint density at radius 3 is 1.89 bits per heavy atom. The molecule has 1 unspecified atom stereocenters. The van der Waals surface area contributed by atoms with E-state index in [9.17, 15) is 0 Å². The van der Waals surface area contributed by atoms with Crippen LogP contribution in [0.3, 0.4) is 0 Å². The number of hydrogen-bond donors (Lipinski definition) is 0. The molecule has 0 spiro atoms. The van der Waals surface area contributed by atoms with E-state index in [2.05, 4.69) is 54.6 Å². The zero-order chi connectivity index (χ0) is 11.8. The van der Waals surface area contributed by atoms with Gasteiger partial charge in [-0.2, -0.15) is 30.3 Å². The van der Waals surface area contributed by atoms with Gasteiger partial charge in [-0.15, -0.1) is 13.9 Å². The van der Waals surface area contributed by atoms with E-state index in [1.807, 2.05) is 30.3 Å². The standard InChI is InChI=1S/C11H10P.C5H5.Fe/c1-2-6-10(7-3-1)12-11-8-4-5-9-11;1-2-4-5-3-1;/h1-9,12H;1-5H;/q2*-1;+2. The summed E-state index contributed by atoms with van der Waals surface area (Å²) in [5, 5.41) is 2.82. The average molecular weight is 294 g/mol. The molecule has 0 radical (unpaired) electrons. The molecule has 0 N–H and O–H groups in total. The molecule has 1 atom stereocenters. The molecular weight excluding hydrogens is 279 g/mol. The summed E-state index contributed by atoms with van der Waals surface area (Å²) in [6.07, 6.45) is 0. The van der Waals surface area contributed by atoms with Crippen molar-refractivity contribution in [1.82, 2.24) is 0 Å². The average Bonchev–Trinajstić information content (AvgIpc) is 3.06. The van der Waals surface area contributed by atoms with Crippen LogP contribution in [0.4, 0.5) is 0 Å². The first-order valence-corrected chi connectivity index (χ1v) is 6.65. The molecular formula is C16H15FeP. The monoisotopic (exact) mass is 294 g/mol. The van der Waals surface area contributed by atoms with Gasteiger partial charge in [-0.1, -0.05) is 30.3 Å². The molecule has 3 rings (SSSR count). The third-order valence-electron chi connectivity index (χ3n) is 2.28. The van der Waals surface area contributed by atoms with Gasteiger partial charge in [-0.3, -0.25) is 0 Å². The predicted molar refractivity (Wildman–Crippen MR) is 78.1 cm³/mol. The summed E-state index contributed by atoms with van der Waals surface area (Å²) < 4.78 is 0. The molecule has 0 nitrogen and oxygen atoms in total. The number of rotatable bonds is 2. The smallest absolute Gasteiger partial charge is 0.214 e. The Morgan fingerprint density at radius 2 is 1.39 bits per heavy atom. The number of benzene rings is 1. The van der Waals surface area contributed by atoms with E-state index in [1.165, 1.54) is 10.6 Å². The second-order valence-electron chi connectivity index (χ2n) is 3.63. The second kappa shape index (κ2) is 8.89. The van der Waals surface area contributed by atoms with Gasteiger partial charge in [-0.05, 0) is 5.30 Å². The fraction of sp³-hybridized carbons (Fsp3) is 0. The Hall–Kier alpha value is -1.13. The molecule has 0 saturated carbocycles. The van der Waals surface area contributed by atoms with Crippen molar-refractivity contribution in [3.8, 4) is 0 Å². The maximum atomic E-state index is 2.17. The largest absolute Gasteiger partial charge is 2.00 e. The van der Waals surface area contributed by atoms with E-state index in [0.29, 0.717) is 0 Å². The molecule has 0 aromatic heterocycles. The van der Waals surface area contributed by atoms with Gasteiger partial charge in [0, 0.05) is 0 Å². The first-order chi connectivity index (χ1) is 8.45. The molecule has 92 valence electrons. The van der Waals surface area contributed by atoms with E-state index in [0.717, 1.165) is 8.58 Å². The van der Waals surface area contributed by atoms with Crippen molar-refractivity contribution < 1.29 is 17.1 Å². The predicted octanol–water partition coefficient (Wildman–Crippen LogP) is 3.44. The van der Waals surface area contributed by atoms with Crippen LogP contribution in [0.25, 0.3) is 0 Å².